The predicted octanol–water partition coefficient (Wildman–Crippen LogP) is 3.13. The molecule has 0 aromatic heterocycles. The normalized spacial score (nSPS) is 19.6. The molecule has 0 aromatic rings. The molecule has 0 aromatic carbocycles. The fraction of sp³-hybridized carbons (Fsp3) is 0.545. The lowest BCUT2D eigenvalue weighted by Crippen LogP contribution is -1.95. The molecule has 1 aliphatic heterocycles. The van der Waals surface area contributed by atoms with Crippen molar-refractivity contribution in [3.63, 3.8) is 0 Å². The summed E-state index contributed by atoms with van der Waals surface area (Å²) in [5.74, 6) is 0. The van der Waals surface area contributed by atoms with Crippen molar-refractivity contribution < 1.29 is 0 Å². The molecule has 12 heavy (non-hydrogen) atoms. The summed E-state index contributed by atoms with van der Waals surface area (Å²) in [5, 5.41) is 0. The highest BCUT2D eigenvalue weighted by atomic mass is 14.7. The molecule has 0 unspecified atom stereocenters. The van der Waals surface area contributed by atoms with Gasteiger partial charge in [-0.3, -0.25) is 4.99 Å². The van der Waals surface area contributed by atoms with E-state index in [1.807, 2.05) is 0 Å². The highest BCUT2D eigenvalue weighted by Crippen LogP contribution is 2.21. The highest BCUT2D eigenvalue weighted by Gasteiger charge is 2.08. The van der Waals surface area contributed by atoms with E-state index < -0.39 is 0 Å². The summed E-state index contributed by atoms with van der Waals surface area (Å²) in [6.45, 7) is 11.6. The minimum absolute atomic E-state index is 0.867. The van der Waals surface area contributed by atoms with E-state index in [2.05, 4.69) is 39.6 Å². The zero-order valence-electron chi connectivity index (χ0n) is 8.65. The molecule has 1 rings (SSSR count). The van der Waals surface area contributed by atoms with Gasteiger partial charge in [0.2, 0.25) is 0 Å². The van der Waals surface area contributed by atoms with Crippen molar-refractivity contribution in [2.45, 2.75) is 34.6 Å². The van der Waals surface area contributed by atoms with Gasteiger partial charge in [-0.25, -0.2) is 0 Å². The maximum atomic E-state index is 4.49. The minimum Gasteiger partial charge on any atom is -0.285 e. The van der Waals surface area contributed by atoms with Crippen LogP contribution in [-0.2, 0) is 0 Å². The van der Waals surface area contributed by atoms with Crippen LogP contribution in [0.1, 0.15) is 34.6 Å². The van der Waals surface area contributed by atoms with Crippen LogP contribution in [0.3, 0.4) is 0 Å². The van der Waals surface area contributed by atoms with E-state index in [9.17, 15) is 0 Å². The molecule has 1 aliphatic rings. The topological polar surface area (TPSA) is 12.4 Å². The summed E-state index contributed by atoms with van der Waals surface area (Å²) >= 11 is 0. The fourth-order valence-corrected chi connectivity index (χ4v) is 1.35. The van der Waals surface area contributed by atoms with Crippen molar-refractivity contribution in [3.8, 4) is 0 Å². The molecule has 0 amide bonds. The molecule has 1 heteroatoms. The monoisotopic (exact) mass is 163 g/mol. The third kappa shape index (κ3) is 1.50. The number of hydrogen-bond donors (Lipinski definition) is 0. The van der Waals surface area contributed by atoms with Crippen LogP contribution < -0.4 is 0 Å². The molecular weight excluding hydrogens is 146 g/mol. The Morgan fingerprint density at radius 3 is 2.00 bits per heavy atom. The van der Waals surface area contributed by atoms with E-state index in [1.54, 1.807) is 0 Å². The van der Waals surface area contributed by atoms with E-state index in [4.69, 9.17) is 0 Å². The van der Waals surface area contributed by atoms with Gasteiger partial charge in [0.1, 0.15) is 0 Å². The molecule has 0 saturated heterocycles. The Morgan fingerprint density at radius 1 is 0.833 bits per heavy atom. The summed E-state index contributed by atoms with van der Waals surface area (Å²) in [7, 11) is 0. The van der Waals surface area contributed by atoms with Crippen LogP contribution in [0.5, 0.6) is 0 Å². The zero-order valence-corrected chi connectivity index (χ0v) is 8.65. The maximum Gasteiger partial charge on any atom is 0.0605 e. The van der Waals surface area contributed by atoms with Crippen molar-refractivity contribution in [2.75, 3.05) is 6.54 Å². The molecule has 1 nitrogen and oxygen atoms in total. The molecule has 0 N–H and O–H groups in total. The zero-order chi connectivity index (χ0) is 9.30. The molecule has 0 radical (unpaired) electrons. The number of aliphatic imine (C=N–C) groups is 1. The number of rotatable bonds is 0. The first-order chi connectivity index (χ1) is 5.54. The van der Waals surface area contributed by atoms with Gasteiger partial charge >= 0.3 is 0 Å². The third-order valence-electron chi connectivity index (χ3n) is 2.86. The summed E-state index contributed by atoms with van der Waals surface area (Å²) in [5.41, 5.74) is 6.72. The van der Waals surface area contributed by atoms with Gasteiger partial charge < -0.3 is 0 Å². The van der Waals surface area contributed by atoms with Gasteiger partial charge in [0.25, 0.3) is 0 Å². The maximum absolute atomic E-state index is 4.49. The Kier molecular flexibility index (Phi) is 2.51. The third-order valence-corrected chi connectivity index (χ3v) is 2.86. The Balaban J connectivity index is 3.23. The van der Waals surface area contributed by atoms with Gasteiger partial charge in [-0.2, -0.15) is 0 Å². The average Bonchev–Trinajstić information content (AvgIpc) is 2.14. The lowest BCUT2D eigenvalue weighted by Gasteiger charge is -2.06. The second kappa shape index (κ2) is 3.26. The van der Waals surface area contributed by atoms with Crippen molar-refractivity contribution in [1.82, 2.24) is 0 Å². The van der Waals surface area contributed by atoms with Gasteiger partial charge in [0.05, 0.1) is 6.54 Å². The average molecular weight is 163 g/mol. The molecule has 1 heterocycles. The van der Waals surface area contributed by atoms with Crippen LogP contribution >= 0.6 is 0 Å². The first kappa shape index (κ1) is 9.24. The molecule has 0 aliphatic carbocycles. The Morgan fingerprint density at radius 2 is 1.42 bits per heavy atom. The minimum atomic E-state index is 0.867. The fourth-order valence-electron chi connectivity index (χ4n) is 1.35. The first-order valence-corrected chi connectivity index (χ1v) is 4.39. The van der Waals surface area contributed by atoms with Crippen molar-refractivity contribution in [2.24, 2.45) is 4.99 Å². The Labute approximate surface area is 74.9 Å². The summed E-state index contributed by atoms with van der Waals surface area (Å²) in [4.78, 5) is 4.49. The van der Waals surface area contributed by atoms with E-state index in [0.29, 0.717) is 0 Å². The second-order valence-electron chi connectivity index (χ2n) is 3.56. The van der Waals surface area contributed by atoms with E-state index in [0.717, 1.165) is 6.54 Å². The lowest BCUT2D eigenvalue weighted by atomic mass is 9.99. The van der Waals surface area contributed by atoms with Crippen LogP contribution in [0.4, 0.5) is 0 Å². The predicted molar refractivity (Wildman–Crippen MR) is 54.7 cm³/mol. The quantitative estimate of drug-likeness (QED) is 0.520. The molecule has 0 bridgehead atoms. The van der Waals surface area contributed by atoms with Gasteiger partial charge in [-0.1, -0.05) is 0 Å². The van der Waals surface area contributed by atoms with Gasteiger partial charge in [0.15, 0.2) is 0 Å². The molecule has 0 saturated carbocycles. The van der Waals surface area contributed by atoms with Gasteiger partial charge in [0, 0.05) is 5.71 Å². The first-order valence-electron chi connectivity index (χ1n) is 4.39. The van der Waals surface area contributed by atoms with Crippen molar-refractivity contribution >= 4 is 5.71 Å². The molecule has 0 atom stereocenters. The SMILES string of the molecule is CC1=NCC(C)=C(C)C(C)=C1C. The Hall–Kier alpha value is -0.850. The number of allylic oxidation sites excluding steroid dienone is 3. The number of hydrogen-bond acceptors (Lipinski definition) is 1. The van der Waals surface area contributed by atoms with Crippen LogP contribution in [0.25, 0.3) is 0 Å². The van der Waals surface area contributed by atoms with Crippen LogP contribution in [0.2, 0.25) is 0 Å². The highest BCUT2D eigenvalue weighted by molar-refractivity contribution is 5.99. The number of nitrogens with zero attached hydrogens (tertiary/aromatic N) is 1. The van der Waals surface area contributed by atoms with Gasteiger partial charge in [-0.15, -0.1) is 0 Å². The van der Waals surface area contributed by atoms with E-state index in [-0.39, 0.29) is 0 Å². The Bertz CT molecular complexity index is 290. The van der Waals surface area contributed by atoms with E-state index >= 15 is 0 Å². The standard InChI is InChI=1S/C11H17N/c1-7-6-12-11(5)10(4)9(3)8(7)2/h6H2,1-5H3. The van der Waals surface area contributed by atoms with Crippen LogP contribution in [-0.4, -0.2) is 12.3 Å². The van der Waals surface area contributed by atoms with Crippen LogP contribution in [0, 0.1) is 0 Å². The summed E-state index contributed by atoms with van der Waals surface area (Å²) < 4.78 is 0. The molecular formula is C11H17N. The largest absolute Gasteiger partial charge is 0.285 e. The smallest absolute Gasteiger partial charge is 0.0605 e. The van der Waals surface area contributed by atoms with Gasteiger partial charge in [-0.05, 0) is 56.9 Å². The second-order valence-corrected chi connectivity index (χ2v) is 3.56. The summed E-state index contributed by atoms with van der Waals surface area (Å²) in [6.07, 6.45) is 0. The molecule has 0 spiro atoms. The van der Waals surface area contributed by atoms with E-state index in [1.165, 1.54) is 28.0 Å². The van der Waals surface area contributed by atoms with Crippen molar-refractivity contribution in [3.05, 3.63) is 22.3 Å². The molecule has 0 fully saturated rings. The van der Waals surface area contributed by atoms with Crippen molar-refractivity contribution in [1.29, 1.82) is 0 Å². The molecule has 66 valence electrons. The van der Waals surface area contributed by atoms with Crippen LogP contribution in [0.15, 0.2) is 27.3 Å². The summed E-state index contributed by atoms with van der Waals surface area (Å²) in [6, 6.07) is 0. The lowest BCUT2D eigenvalue weighted by molar-refractivity contribution is 1.10.